The fourth-order valence-electron chi connectivity index (χ4n) is 2.07. The molecule has 1 heterocycles. The summed E-state index contributed by atoms with van der Waals surface area (Å²) in [7, 11) is -1.09. The van der Waals surface area contributed by atoms with E-state index in [0.29, 0.717) is 18.1 Å². The van der Waals surface area contributed by atoms with Gasteiger partial charge in [-0.1, -0.05) is 0 Å². The van der Waals surface area contributed by atoms with E-state index in [0.717, 1.165) is 32.7 Å². The number of hydrogen-bond donors (Lipinski definition) is 1. The maximum atomic E-state index is 11.4. The minimum absolute atomic E-state index is 0.160. The second-order valence-electron chi connectivity index (χ2n) is 4.60. The van der Waals surface area contributed by atoms with E-state index >= 15 is 0 Å². The summed E-state index contributed by atoms with van der Waals surface area (Å²) in [5.41, 5.74) is 0. The van der Waals surface area contributed by atoms with Gasteiger partial charge < -0.3 is 10.1 Å². The van der Waals surface area contributed by atoms with Gasteiger partial charge in [-0.2, -0.15) is 0 Å². The molecule has 1 unspecified atom stereocenters. The van der Waals surface area contributed by atoms with Gasteiger partial charge in [-0.15, -0.1) is 0 Å². The van der Waals surface area contributed by atoms with E-state index in [4.69, 9.17) is 4.74 Å². The highest BCUT2D eigenvalue weighted by molar-refractivity contribution is 7.91. The van der Waals surface area contributed by atoms with Crippen LogP contribution in [0.1, 0.15) is 13.3 Å². The third-order valence-electron chi connectivity index (χ3n) is 3.09. The monoisotopic (exact) mass is 264 g/mol. The lowest BCUT2D eigenvalue weighted by Crippen LogP contribution is -2.47. The zero-order valence-corrected chi connectivity index (χ0v) is 11.6. The summed E-state index contributed by atoms with van der Waals surface area (Å²) in [6, 6.07) is 0.160. The molecule has 1 aliphatic heterocycles. The maximum Gasteiger partial charge on any atom is 0.153 e. The summed E-state index contributed by atoms with van der Waals surface area (Å²) in [6.07, 6.45) is 1.05. The molecule has 0 bridgehead atoms. The van der Waals surface area contributed by atoms with Gasteiger partial charge in [0.05, 0.1) is 18.1 Å². The Morgan fingerprint density at radius 1 is 1.41 bits per heavy atom. The van der Waals surface area contributed by atoms with Crippen LogP contribution >= 0.6 is 0 Å². The number of nitrogens with zero attached hydrogens (tertiary/aromatic N) is 1. The van der Waals surface area contributed by atoms with Gasteiger partial charge in [0.15, 0.2) is 9.84 Å². The van der Waals surface area contributed by atoms with Crippen LogP contribution in [0.3, 0.4) is 0 Å². The van der Waals surface area contributed by atoms with Gasteiger partial charge in [0.25, 0.3) is 0 Å². The van der Waals surface area contributed by atoms with Crippen molar-refractivity contribution in [2.45, 2.75) is 19.4 Å². The molecular formula is C11H24N2O3S. The van der Waals surface area contributed by atoms with Crippen molar-refractivity contribution in [2.75, 3.05) is 51.4 Å². The molecule has 17 heavy (non-hydrogen) atoms. The van der Waals surface area contributed by atoms with Crippen molar-refractivity contribution in [1.29, 1.82) is 0 Å². The smallest absolute Gasteiger partial charge is 0.153 e. The molecule has 5 nitrogen and oxygen atoms in total. The standard InChI is InChI=1S/C11H24N2O3S/c1-11-10-17(14,15)9-7-13(11)6-3-4-12-5-8-16-2/h11-12H,3-10H2,1-2H3. The van der Waals surface area contributed by atoms with Crippen LogP contribution < -0.4 is 5.32 Å². The molecule has 1 saturated heterocycles. The van der Waals surface area contributed by atoms with Crippen LogP contribution in [0.15, 0.2) is 0 Å². The minimum Gasteiger partial charge on any atom is -0.383 e. The lowest BCUT2D eigenvalue weighted by Gasteiger charge is -2.33. The van der Waals surface area contributed by atoms with Gasteiger partial charge in [0.1, 0.15) is 0 Å². The zero-order valence-electron chi connectivity index (χ0n) is 10.8. The molecule has 0 aliphatic carbocycles. The normalized spacial score (nSPS) is 24.9. The molecular weight excluding hydrogens is 240 g/mol. The Morgan fingerprint density at radius 2 is 2.18 bits per heavy atom. The molecule has 0 spiro atoms. The van der Waals surface area contributed by atoms with Crippen molar-refractivity contribution < 1.29 is 13.2 Å². The Morgan fingerprint density at radius 3 is 2.82 bits per heavy atom. The molecule has 1 rings (SSSR count). The van der Waals surface area contributed by atoms with Crippen molar-refractivity contribution in [2.24, 2.45) is 0 Å². The summed E-state index contributed by atoms with van der Waals surface area (Å²) < 4.78 is 27.7. The first kappa shape index (κ1) is 14.9. The second-order valence-corrected chi connectivity index (χ2v) is 6.82. The Kier molecular flexibility index (Phi) is 6.40. The summed E-state index contributed by atoms with van der Waals surface area (Å²) in [5, 5.41) is 3.29. The maximum absolute atomic E-state index is 11.4. The summed E-state index contributed by atoms with van der Waals surface area (Å²) in [6.45, 7) is 6.21. The lowest BCUT2D eigenvalue weighted by atomic mass is 10.2. The first-order valence-electron chi connectivity index (χ1n) is 6.19. The van der Waals surface area contributed by atoms with E-state index in [1.54, 1.807) is 7.11 Å². The van der Waals surface area contributed by atoms with Crippen LogP contribution in [0, 0.1) is 0 Å². The summed E-state index contributed by atoms with van der Waals surface area (Å²) >= 11 is 0. The largest absolute Gasteiger partial charge is 0.383 e. The fourth-order valence-corrected chi connectivity index (χ4v) is 3.70. The predicted molar refractivity (Wildman–Crippen MR) is 69.1 cm³/mol. The fraction of sp³-hybridized carbons (Fsp3) is 1.00. The first-order chi connectivity index (χ1) is 8.05. The molecule has 102 valence electrons. The predicted octanol–water partition coefficient (Wildman–Crippen LogP) is -0.269. The third kappa shape index (κ3) is 5.81. The Hall–Kier alpha value is -0.170. The van der Waals surface area contributed by atoms with E-state index in [2.05, 4.69) is 10.2 Å². The molecule has 1 aliphatic rings. The van der Waals surface area contributed by atoms with Crippen molar-refractivity contribution in [3.8, 4) is 0 Å². The highest BCUT2D eigenvalue weighted by Crippen LogP contribution is 2.11. The van der Waals surface area contributed by atoms with Crippen LogP contribution in [0.25, 0.3) is 0 Å². The van der Waals surface area contributed by atoms with Crippen molar-refractivity contribution in [3.63, 3.8) is 0 Å². The van der Waals surface area contributed by atoms with Gasteiger partial charge in [-0.25, -0.2) is 8.42 Å². The highest BCUT2D eigenvalue weighted by atomic mass is 32.2. The SMILES string of the molecule is COCCNCCCN1CCS(=O)(=O)CC1C. The highest BCUT2D eigenvalue weighted by Gasteiger charge is 2.27. The number of rotatable bonds is 7. The molecule has 0 amide bonds. The van der Waals surface area contributed by atoms with Crippen molar-refractivity contribution in [3.05, 3.63) is 0 Å². The van der Waals surface area contributed by atoms with Crippen molar-refractivity contribution >= 4 is 9.84 Å². The molecule has 6 heteroatoms. The third-order valence-corrected chi connectivity index (χ3v) is 4.88. The lowest BCUT2D eigenvalue weighted by molar-refractivity contribution is 0.196. The molecule has 0 aromatic rings. The van der Waals surface area contributed by atoms with Gasteiger partial charge in [0, 0.05) is 26.2 Å². The van der Waals surface area contributed by atoms with E-state index in [-0.39, 0.29) is 6.04 Å². The molecule has 0 radical (unpaired) electrons. The van der Waals surface area contributed by atoms with Gasteiger partial charge >= 0.3 is 0 Å². The molecule has 0 saturated carbocycles. The van der Waals surface area contributed by atoms with Gasteiger partial charge in [-0.05, 0) is 26.4 Å². The Bertz CT molecular complexity index is 306. The van der Waals surface area contributed by atoms with E-state index in [1.165, 1.54) is 0 Å². The molecule has 1 N–H and O–H groups in total. The van der Waals surface area contributed by atoms with Crippen LogP contribution in [0.4, 0.5) is 0 Å². The van der Waals surface area contributed by atoms with Crippen LogP contribution in [-0.2, 0) is 14.6 Å². The molecule has 0 aromatic heterocycles. The van der Waals surface area contributed by atoms with Crippen LogP contribution in [-0.4, -0.2) is 70.8 Å². The quantitative estimate of drug-likeness (QED) is 0.642. The van der Waals surface area contributed by atoms with Crippen molar-refractivity contribution in [1.82, 2.24) is 10.2 Å². The minimum atomic E-state index is -2.78. The van der Waals surface area contributed by atoms with E-state index in [9.17, 15) is 8.42 Å². The number of nitrogens with one attached hydrogen (secondary N) is 1. The molecule has 0 aromatic carbocycles. The zero-order chi connectivity index (χ0) is 12.7. The topological polar surface area (TPSA) is 58.6 Å². The van der Waals surface area contributed by atoms with Gasteiger partial charge in [-0.3, -0.25) is 4.90 Å². The molecule has 1 fully saturated rings. The second kappa shape index (κ2) is 7.31. The first-order valence-corrected chi connectivity index (χ1v) is 8.01. The Labute approximate surface area is 104 Å². The number of methoxy groups -OCH3 is 1. The average molecular weight is 264 g/mol. The van der Waals surface area contributed by atoms with Crippen LogP contribution in [0.2, 0.25) is 0 Å². The number of ether oxygens (including phenoxy) is 1. The van der Waals surface area contributed by atoms with E-state index in [1.807, 2.05) is 6.92 Å². The number of hydrogen-bond acceptors (Lipinski definition) is 5. The van der Waals surface area contributed by atoms with Gasteiger partial charge in [0.2, 0.25) is 0 Å². The van der Waals surface area contributed by atoms with Crippen LogP contribution in [0.5, 0.6) is 0 Å². The Balaban J connectivity index is 2.12. The van der Waals surface area contributed by atoms with E-state index < -0.39 is 9.84 Å². The summed E-state index contributed by atoms with van der Waals surface area (Å²) in [5.74, 6) is 0.624. The molecule has 1 atom stereocenters. The average Bonchev–Trinajstić information content (AvgIpc) is 2.25. The summed E-state index contributed by atoms with van der Waals surface area (Å²) in [4.78, 5) is 2.26. The number of sulfone groups is 1.